The summed E-state index contributed by atoms with van der Waals surface area (Å²) in [7, 11) is 0. The monoisotopic (exact) mass is 693 g/mol. The van der Waals surface area contributed by atoms with Crippen LogP contribution in [0.3, 0.4) is 0 Å². The Kier molecular flexibility index (Phi) is 28.7. The topological polar surface area (TPSA) is 37.3 Å². The van der Waals surface area contributed by atoms with Crippen molar-refractivity contribution in [3.63, 3.8) is 0 Å². The summed E-state index contributed by atoms with van der Waals surface area (Å²) in [6.07, 6.45) is 20.1. The van der Waals surface area contributed by atoms with Gasteiger partial charge in [-0.3, -0.25) is 0 Å². The normalized spacial score (nSPS) is 12.3. The van der Waals surface area contributed by atoms with Crippen LogP contribution in [0.2, 0.25) is 26.6 Å². The van der Waals surface area contributed by atoms with Gasteiger partial charge in [-0.1, -0.05) is 0 Å². The summed E-state index contributed by atoms with van der Waals surface area (Å²) in [5.74, 6) is -0.839. The molecule has 0 fully saturated rings. The standard InChI is InChI=1S/C6H7O2.6C4H9.2Sn/c1-3-5(2)4-6(7)8;6*1-3-4-2;;/h1,3-4H,2H3,(H,7,8);6*1,3-4H2,2H3;;/b3-1?,5-4+;;;;;;;;. The summed E-state index contributed by atoms with van der Waals surface area (Å²) < 4.78 is 11.9. The summed E-state index contributed by atoms with van der Waals surface area (Å²) in [6.45, 7) is 15.7. The van der Waals surface area contributed by atoms with E-state index in [0.717, 1.165) is 5.57 Å². The van der Waals surface area contributed by atoms with Gasteiger partial charge in [0.1, 0.15) is 0 Å². The van der Waals surface area contributed by atoms with Crippen LogP contribution in [0.1, 0.15) is 126 Å². The van der Waals surface area contributed by atoms with Gasteiger partial charge in [0.05, 0.1) is 0 Å². The second-order valence-corrected chi connectivity index (χ2v) is 31.9. The summed E-state index contributed by atoms with van der Waals surface area (Å²) in [5, 5.41) is 8.84. The second kappa shape index (κ2) is 26.6. The molecule has 0 unspecified atom stereocenters. The molecule has 0 bridgehead atoms. The van der Waals surface area contributed by atoms with Crippen molar-refractivity contribution in [2.24, 2.45) is 0 Å². The van der Waals surface area contributed by atoms with E-state index in [-0.39, 0.29) is 0 Å². The molecular formula is C30H61O2Sn2. The number of unbranched alkanes of at least 4 members (excludes halogenated alkanes) is 6. The first kappa shape index (κ1) is 36.7. The predicted octanol–water partition coefficient (Wildman–Crippen LogP) is 10.8. The zero-order chi connectivity index (χ0) is 26.1. The molecule has 0 amide bonds. The minimum atomic E-state index is -2.23. The first-order valence-electron chi connectivity index (χ1n) is 14.8. The fourth-order valence-electron chi connectivity index (χ4n) is 4.42. The molecule has 0 aromatic rings. The molecule has 0 saturated carbocycles. The van der Waals surface area contributed by atoms with E-state index in [4.69, 9.17) is 5.11 Å². The fourth-order valence-corrected chi connectivity index (χ4v) is 28.3. The van der Waals surface area contributed by atoms with Gasteiger partial charge < -0.3 is 0 Å². The Morgan fingerprint density at radius 2 is 1.03 bits per heavy atom. The van der Waals surface area contributed by atoms with Crippen molar-refractivity contribution in [2.75, 3.05) is 0 Å². The Morgan fingerprint density at radius 3 is 1.32 bits per heavy atom. The van der Waals surface area contributed by atoms with Crippen LogP contribution in [0.5, 0.6) is 0 Å². The summed E-state index contributed by atoms with van der Waals surface area (Å²) in [4.78, 5) is 10.8. The van der Waals surface area contributed by atoms with Crippen LogP contribution in [0.4, 0.5) is 0 Å². The van der Waals surface area contributed by atoms with Crippen LogP contribution < -0.4 is 0 Å². The molecule has 0 aromatic carbocycles. The third-order valence-corrected chi connectivity index (χ3v) is 29.9. The van der Waals surface area contributed by atoms with Crippen LogP contribution in [0.25, 0.3) is 0 Å². The van der Waals surface area contributed by atoms with Gasteiger partial charge in [0.25, 0.3) is 0 Å². The van der Waals surface area contributed by atoms with Gasteiger partial charge >= 0.3 is 228 Å². The SMILES string of the molecule is CCC[CH2][Sn](/[CH]=C/C(C)=C/C(=O)O)([CH2]CCC)[CH2]CCC.CCC[CH2][Sn]([CH2]CCC)[CH2]CCC. The van der Waals surface area contributed by atoms with Crippen LogP contribution in [0.15, 0.2) is 21.8 Å². The number of allylic oxidation sites excluding steroid dienone is 2. The van der Waals surface area contributed by atoms with E-state index in [9.17, 15) is 4.79 Å². The number of carboxylic acid groups (broad SMARTS) is 1. The van der Waals surface area contributed by atoms with Crippen LogP contribution in [-0.2, 0) is 4.79 Å². The van der Waals surface area contributed by atoms with Crippen molar-refractivity contribution in [2.45, 2.75) is 152 Å². The number of hydrogen-bond donors (Lipinski definition) is 1. The average molecular weight is 691 g/mol. The fraction of sp³-hybridized carbons (Fsp3) is 0.833. The molecule has 0 aliphatic carbocycles. The van der Waals surface area contributed by atoms with E-state index in [2.05, 4.69) is 51.7 Å². The van der Waals surface area contributed by atoms with E-state index in [1.807, 2.05) is 6.92 Å². The van der Waals surface area contributed by atoms with Gasteiger partial charge in [0.2, 0.25) is 0 Å². The summed E-state index contributed by atoms with van der Waals surface area (Å²) >= 11 is -3.07. The molecule has 2 nitrogen and oxygen atoms in total. The van der Waals surface area contributed by atoms with E-state index in [1.165, 1.54) is 96.4 Å². The molecule has 0 rings (SSSR count). The molecule has 34 heavy (non-hydrogen) atoms. The number of aliphatic carboxylic acids is 1. The zero-order valence-electron chi connectivity index (χ0n) is 24.3. The Morgan fingerprint density at radius 1 is 0.676 bits per heavy atom. The molecule has 0 spiro atoms. The van der Waals surface area contributed by atoms with Crippen LogP contribution in [-0.4, -0.2) is 49.2 Å². The van der Waals surface area contributed by atoms with E-state index in [0.29, 0.717) is 0 Å². The van der Waals surface area contributed by atoms with Crippen molar-refractivity contribution in [3.05, 3.63) is 21.8 Å². The molecular weight excluding hydrogens is 630 g/mol. The quantitative estimate of drug-likeness (QED) is 0.0739. The summed E-state index contributed by atoms with van der Waals surface area (Å²) in [6, 6.07) is 0. The summed E-state index contributed by atoms with van der Waals surface area (Å²) in [5.41, 5.74) is 0.882. The molecule has 0 aliphatic rings. The van der Waals surface area contributed by atoms with Crippen molar-refractivity contribution in [3.8, 4) is 0 Å². The maximum atomic E-state index is 10.8. The maximum absolute atomic E-state index is 10.8. The third-order valence-electron chi connectivity index (χ3n) is 6.79. The molecule has 1 N–H and O–H groups in total. The van der Waals surface area contributed by atoms with E-state index >= 15 is 0 Å². The second-order valence-electron chi connectivity index (χ2n) is 10.3. The van der Waals surface area contributed by atoms with Gasteiger partial charge in [-0.05, 0) is 0 Å². The molecule has 4 heteroatoms. The van der Waals surface area contributed by atoms with E-state index < -0.39 is 44.1 Å². The van der Waals surface area contributed by atoms with Crippen molar-refractivity contribution in [1.82, 2.24) is 0 Å². The molecule has 0 heterocycles. The molecule has 0 aliphatic heterocycles. The van der Waals surface area contributed by atoms with Gasteiger partial charge in [-0.25, -0.2) is 0 Å². The number of carboxylic acids is 1. The molecule has 0 atom stereocenters. The van der Waals surface area contributed by atoms with Gasteiger partial charge in [0.15, 0.2) is 0 Å². The third kappa shape index (κ3) is 23.0. The van der Waals surface area contributed by atoms with Crippen LogP contribution >= 0.6 is 0 Å². The van der Waals surface area contributed by atoms with Gasteiger partial charge in [-0.2, -0.15) is 0 Å². The molecule has 0 aromatic heterocycles. The molecule has 0 saturated heterocycles. The Balaban J connectivity index is 0. The predicted molar refractivity (Wildman–Crippen MR) is 160 cm³/mol. The molecule has 201 valence electrons. The van der Waals surface area contributed by atoms with Gasteiger partial charge in [-0.15, -0.1) is 0 Å². The van der Waals surface area contributed by atoms with Crippen molar-refractivity contribution < 1.29 is 9.90 Å². The Bertz CT molecular complexity index is 473. The Hall–Kier alpha value is 0.547. The van der Waals surface area contributed by atoms with Gasteiger partial charge in [0, 0.05) is 0 Å². The van der Waals surface area contributed by atoms with Crippen molar-refractivity contribution in [1.29, 1.82) is 0 Å². The first-order chi connectivity index (χ1) is 16.3. The first-order valence-corrected chi connectivity index (χ1v) is 28.5. The number of hydrogen-bond acceptors (Lipinski definition) is 1. The number of rotatable bonds is 21. The zero-order valence-corrected chi connectivity index (χ0v) is 30.0. The minimum absolute atomic E-state index is 0.839. The number of carbonyl (C=O) groups is 1. The van der Waals surface area contributed by atoms with Crippen LogP contribution in [0, 0.1) is 0 Å². The van der Waals surface area contributed by atoms with E-state index in [1.54, 1.807) is 13.3 Å². The molecule has 1 radical (unpaired) electrons. The van der Waals surface area contributed by atoms with Crippen molar-refractivity contribution >= 4 is 44.1 Å². The Labute approximate surface area is 226 Å². The average Bonchev–Trinajstić information content (AvgIpc) is 2.82.